The number of nitro benzene ring substituents is 1. The molecule has 0 spiro atoms. The topological polar surface area (TPSA) is 97.4 Å². The SMILES string of the molecule is Cn1cccc1C(O)CNC(=O)c1cccc([N+](=O)[O-])c1. The van der Waals surface area contributed by atoms with E-state index >= 15 is 0 Å². The molecule has 2 aromatic rings. The van der Waals surface area contributed by atoms with Crippen molar-refractivity contribution < 1.29 is 14.8 Å². The smallest absolute Gasteiger partial charge is 0.270 e. The number of rotatable bonds is 5. The highest BCUT2D eigenvalue weighted by atomic mass is 16.6. The molecule has 7 nitrogen and oxygen atoms in total. The number of benzene rings is 1. The molecule has 1 unspecified atom stereocenters. The Labute approximate surface area is 121 Å². The maximum atomic E-state index is 11.9. The molecule has 1 amide bonds. The molecule has 0 aliphatic heterocycles. The molecule has 0 radical (unpaired) electrons. The van der Waals surface area contributed by atoms with Crippen molar-refractivity contribution in [3.63, 3.8) is 0 Å². The molecular formula is C14H15N3O4. The average molecular weight is 289 g/mol. The van der Waals surface area contributed by atoms with Crippen molar-refractivity contribution in [1.82, 2.24) is 9.88 Å². The monoisotopic (exact) mass is 289 g/mol. The summed E-state index contributed by atoms with van der Waals surface area (Å²) in [5.41, 5.74) is 0.711. The van der Waals surface area contributed by atoms with Crippen molar-refractivity contribution in [3.05, 3.63) is 64.0 Å². The van der Waals surface area contributed by atoms with Crippen LogP contribution in [0.2, 0.25) is 0 Å². The van der Waals surface area contributed by atoms with Crippen molar-refractivity contribution in [2.24, 2.45) is 7.05 Å². The number of aryl methyl sites for hydroxylation is 1. The Kier molecular flexibility index (Phi) is 4.34. The first-order valence-electron chi connectivity index (χ1n) is 6.31. The van der Waals surface area contributed by atoms with Crippen LogP contribution in [0, 0.1) is 10.1 Å². The zero-order valence-corrected chi connectivity index (χ0v) is 11.4. The zero-order valence-electron chi connectivity index (χ0n) is 11.4. The Balaban J connectivity index is 2.00. The molecule has 110 valence electrons. The summed E-state index contributed by atoms with van der Waals surface area (Å²) in [4.78, 5) is 22.0. The third-order valence-electron chi connectivity index (χ3n) is 3.10. The molecule has 1 aromatic heterocycles. The lowest BCUT2D eigenvalue weighted by Gasteiger charge is -2.13. The van der Waals surface area contributed by atoms with Crippen molar-refractivity contribution in [1.29, 1.82) is 0 Å². The molecule has 0 aliphatic carbocycles. The number of hydrogen-bond acceptors (Lipinski definition) is 4. The van der Waals surface area contributed by atoms with E-state index in [0.717, 1.165) is 0 Å². The van der Waals surface area contributed by atoms with Crippen LogP contribution in [-0.4, -0.2) is 27.0 Å². The van der Waals surface area contributed by atoms with Gasteiger partial charge in [-0.25, -0.2) is 0 Å². The number of nitro groups is 1. The number of nitrogens with one attached hydrogen (secondary N) is 1. The first-order valence-corrected chi connectivity index (χ1v) is 6.31. The highest BCUT2D eigenvalue weighted by molar-refractivity contribution is 5.94. The number of nitrogens with zero attached hydrogens (tertiary/aromatic N) is 2. The van der Waals surface area contributed by atoms with Crippen LogP contribution in [0.25, 0.3) is 0 Å². The lowest BCUT2D eigenvalue weighted by molar-refractivity contribution is -0.384. The standard InChI is InChI=1S/C14H15N3O4/c1-16-7-3-6-12(16)13(18)9-15-14(19)10-4-2-5-11(8-10)17(20)21/h2-8,13,18H,9H2,1H3,(H,15,19). The number of aliphatic hydroxyl groups is 1. The van der Waals surface area contributed by atoms with Gasteiger partial charge in [0, 0.05) is 43.2 Å². The lowest BCUT2D eigenvalue weighted by atomic mass is 10.2. The van der Waals surface area contributed by atoms with Crippen LogP contribution in [0.3, 0.4) is 0 Å². The molecule has 0 fully saturated rings. The molecule has 2 rings (SSSR count). The molecule has 2 N–H and O–H groups in total. The molecular weight excluding hydrogens is 274 g/mol. The fraction of sp³-hybridized carbons (Fsp3) is 0.214. The molecule has 1 aromatic carbocycles. The van der Waals surface area contributed by atoms with Crippen LogP contribution in [0.5, 0.6) is 0 Å². The summed E-state index contributed by atoms with van der Waals surface area (Å²) in [5, 5.41) is 23.2. The lowest BCUT2D eigenvalue weighted by Crippen LogP contribution is -2.29. The third kappa shape index (κ3) is 3.46. The Hall–Kier alpha value is -2.67. The average Bonchev–Trinajstić information content (AvgIpc) is 2.90. The molecule has 0 saturated heterocycles. The van der Waals surface area contributed by atoms with Crippen LogP contribution in [0.4, 0.5) is 5.69 Å². The molecule has 1 heterocycles. The summed E-state index contributed by atoms with van der Waals surface area (Å²) in [6.45, 7) is 0.0272. The molecule has 21 heavy (non-hydrogen) atoms. The van der Waals surface area contributed by atoms with Gasteiger partial charge in [0.2, 0.25) is 0 Å². The fourth-order valence-corrected chi connectivity index (χ4v) is 1.98. The minimum atomic E-state index is -0.840. The van der Waals surface area contributed by atoms with Gasteiger partial charge in [-0.2, -0.15) is 0 Å². The number of aliphatic hydroxyl groups excluding tert-OH is 1. The van der Waals surface area contributed by atoms with E-state index in [1.165, 1.54) is 24.3 Å². The summed E-state index contributed by atoms with van der Waals surface area (Å²) in [6.07, 6.45) is 0.952. The van der Waals surface area contributed by atoms with Crippen molar-refractivity contribution >= 4 is 11.6 Å². The number of aromatic nitrogens is 1. The van der Waals surface area contributed by atoms with E-state index in [2.05, 4.69) is 5.32 Å². The largest absolute Gasteiger partial charge is 0.385 e. The second-order valence-corrected chi connectivity index (χ2v) is 4.58. The molecule has 0 bridgehead atoms. The van der Waals surface area contributed by atoms with Gasteiger partial charge in [-0.05, 0) is 18.2 Å². The van der Waals surface area contributed by atoms with E-state index in [-0.39, 0.29) is 17.8 Å². The van der Waals surface area contributed by atoms with E-state index < -0.39 is 16.9 Å². The number of carbonyl (C=O) groups excluding carboxylic acids is 1. The quantitative estimate of drug-likeness (QED) is 0.642. The van der Waals surface area contributed by atoms with Crippen LogP contribution in [-0.2, 0) is 7.05 Å². The van der Waals surface area contributed by atoms with Gasteiger partial charge in [0.25, 0.3) is 11.6 Å². The molecule has 7 heteroatoms. The van der Waals surface area contributed by atoms with Gasteiger partial charge in [-0.3, -0.25) is 14.9 Å². The third-order valence-corrected chi connectivity index (χ3v) is 3.10. The molecule has 1 atom stereocenters. The minimum absolute atomic E-state index is 0.0272. The highest BCUT2D eigenvalue weighted by Gasteiger charge is 2.14. The summed E-state index contributed by atoms with van der Waals surface area (Å²) in [6, 6.07) is 8.99. The van der Waals surface area contributed by atoms with Gasteiger partial charge >= 0.3 is 0 Å². The Morgan fingerprint density at radius 1 is 1.43 bits per heavy atom. The van der Waals surface area contributed by atoms with Gasteiger partial charge < -0.3 is 15.0 Å². The van der Waals surface area contributed by atoms with Crippen LogP contribution >= 0.6 is 0 Å². The number of hydrogen-bond donors (Lipinski definition) is 2. The second kappa shape index (κ2) is 6.19. The van der Waals surface area contributed by atoms with Gasteiger partial charge in [0.1, 0.15) is 6.10 Å². The zero-order chi connectivity index (χ0) is 15.4. The number of non-ortho nitro benzene ring substituents is 1. The van der Waals surface area contributed by atoms with E-state index in [4.69, 9.17) is 0 Å². The first-order chi connectivity index (χ1) is 9.99. The van der Waals surface area contributed by atoms with Gasteiger partial charge in [-0.1, -0.05) is 6.07 Å². The highest BCUT2D eigenvalue weighted by Crippen LogP contribution is 2.14. The van der Waals surface area contributed by atoms with Crippen molar-refractivity contribution in [2.75, 3.05) is 6.54 Å². The van der Waals surface area contributed by atoms with Gasteiger partial charge in [-0.15, -0.1) is 0 Å². The van der Waals surface area contributed by atoms with Crippen molar-refractivity contribution in [2.45, 2.75) is 6.10 Å². The second-order valence-electron chi connectivity index (χ2n) is 4.58. The number of carbonyl (C=O) groups is 1. The normalized spacial score (nSPS) is 11.9. The Bertz CT molecular complexity index is 666. The van der Waals surface area contributed by atoms with Gasteiger partial charge in [0.05, 0.1) is 4.92 Å². The van der Waals surface area contributed by atoms with Crippen LogP contribution < -0.4 is 5.32 Å². The maximum absolute atomic E-state index is 11.9. The minimum Gasteiger partial charge on any atom is -0.385 e. The number of amides is 1. The van der Waals surface area contributed by atoms with E-state index in [1.807, 2.05) is 0 Å². The Morgan fingerprint density at radius 2 is 2.19 bits per heavy atom. The summed E-state index contributed by atoms with van der Waals surface area (Å²) in [5.74, 6) is -0.466. The summed E-state index contributed by atoms with van der Waals surface area (Å²) in [7, 11) is 1.79. The summed E-state index contributed by atoms with van der Waals surface area (Å²) < 4.78 is 1.75. The van der Waals surface area contributed by atoms with Crippen LogP contribution in [0.15, 0.2) is 42.6 Å². The van der Waals surface area contributed by atoms with Gasteiger partial charge in [0.15, 0.2) is 0 Å². The molecule has 0 aliphatic rings. The Morgan fingerprint density at radius 3 is 2.81 bits per heavy atom. The maximum Gasteiger partial charge on any atom is 0.270 e. The van der Waals surface area contributed by atoms with E-state index in [0.29, 0.717) is 5.69 Å². The van der Waals surface area contributed by atoms with Crippen LogP contribution in [0.1, 0.15) is 22.2 Å². The van der Waals surface area contributed by atoms with Crippen molar-refractivity contribution in [3.8, 4) is 0 Å². The predicted octanol–water partition coefficient (Wildman–Crippen LogP) is 1.40. The molecule has 0 saturated carbocycles. The van der Waals surface area contributed by atoms with E-state index in [1.54, 1.807) is 29.9 Å². The fourth-order valence-electron chi connectivity index (χ4n) is 1.98. The summed E-state index contributed by atoms with van der Waals surface area (Å²) >= 11 is 0. The predicted molar refractivity (Wildman–Crippen MR) is 75.8 cm³/mol. The van der Waals surface area contributed by atoms with E-state index in [9.17, 15) is 20.0 Å². The first kappa shape index (κ1) is 14.7.